The molecule has 0 saturated carbocycles. The van der Waals surface area contributed by atoms with Crippen molar-refractivity contribution in [2.45, 2.75) is 38.0 Å². The minimum atomic E-state index is -1.73. The molecule has 1 aromatic carbocycles. The lowest BCUT2D eigenvalue weighted by Crippen LogP contribution is -2.37. The van der Waals surface area contributed by atoms with Gasteiger partial charge in [0.05, 0.1) is 13.1 Å². The van der Waals surface area contributed by atoms with Crippen LogP contribution in [0.15, 0.2) is 37.2 Å². The van der Waals surface area contributed by atoms with Gasteiger partial charge in [-0.2, -0.15) is 10.2 Å². The monoisotopic (exact) mass is 377 g/mol. The van der Waals surface area contributed by atoms with Crippen LogP contribution in [0.1, 0.15) is 24.2 Å². The highest BCUT2D eigenvalue weighted by Gasteiger charge is 2.34. The van der Waals surface area contributed by atoms with Crippen LogP contribution in [0.4, 0.5) is 8.78 Å². The van der Waals surface area contributed by atoms with Gasteiger partial charge in [0.25, 0.3) is 0 Å². The smallest absolute Gasteiger partial charge is 0.150 e. The molecular formula is C17H21F2N7O. The molecule has 0 bridgehead atoms. The zero-order valence-corrected chi connectivity index (χ0v) is 14.7. The van der Waals surface area contributed by atoms with Crippen LogP contribution in [0.2, 0.25) is 0 Å². The summed E-state index contributed by atoms with van der Waals surface area (Å²) in [4.78, 5) is 8.04. The van der Waals surface area contributed by atoms with E-state index in [1.54, 1.807) is 0 Å². The number of nitrogens with two attached hydrogens (primary N) is 1. The Morgan fingerprint density at radius 1 is 1.11 bits per heavy atom. The van der Waals surface area contributed by atoms with Gasteiger partial charge in [-0.15, -0.1) is 0 Å². The average molecular weight is 377 g/mol. The predicted molar refractivity (Wildman–Crippen MR) is 92.3 cm³/mol. The molecule has 2 heterocycles. The fourth-order valence-corrected chi connectivity index (χ4v) is 2.89. The molecule has 2 aromatic heterocycles. The second-order valence-electron chi connectivity index (χ2n) is 6.35. The van der Waals surface area contributed by atoms with Gasteiger partial charge in [-0.1, -0.05) is 6.07 Å². The van der Waals surface area contributed by atoms with Crippen molar-refractivity contribution in [2.24, 2.45) is 5.73 Å². The SMILES string of the molecule is NCCCCc1ncn(CC(O)(Cn2cncn2)c2ccc(F)cc2F)n1. The first-order valence-electron chi connectivity index (χ1n) is 8.59. The number of rotatable bonds is 9. The van der Waals surface area contributed by atoms with Crippen LogP contribution in [0.25, 0.3) is 0 Å². The van der Waals surface area contributed by atoms with Crippen molar-refractivity contribution in [2.75, 3.05) is 6.54 Å². The summed E-state index contributed by atoms with van der Waals surface area (Å²) in [5, 5.41) is 19.5. The van der Waals surface area contributed by atoms with Crippen molar-refractivity contribution in [3.8, 4) is 0 Å². The topological polar surface area (TPSA) is 108 Å². The summed E-state index contributed by atoms with van der Waals surface area (Å²) in [6, 6.07) is 3.06. The van der Waals surface area contributed by atoms with Crippen LogP contribution >= 0.6 is 0 Å². The summed E-state index contributed by atoms with van der Waals surface area (Å²) in [6.45, 7) is 0.430. The second-order valence-corrected chi connectivity index (χ2v) is 6.35. The number of aliphatic hydroxyl groups is 1. The Balaban J connectivity index is 1.86. The summed E-state index contributed by atoms with van der Waals surface area (Å²) in [7, 11) is 0. The standard InChI is InChI=1S/C17H21F2N7O/c18-13-4-5-14(15(19)7-13)17(27,8-25-11-21-10-23-25)9-26-12-22-16(24-26)3-1-2-6-20/h4-5,7,10-12,27H,1-3,6,8-9,20H2. The fraction of sp³-hybridized carbons (Fsp3) is 0.412. The van der Waals surface area contributed by atoms with E-state index in [0.717, 1.165) is 25.0 Å². The first-order valence-corrected chi connectivity index (χ1v) is 8.59. The van der Waals surface area contributed by atoms with Crippen molar-refractivity contribution in [1.82, 2.24) is 29.5 Å². The van der Waals surface area contributed by atoms with E-state index in [2.05, 4.69) is 20.2 Å². The summed E-state index contributed by atoms with van der Waals surface area (Å²) >= 11 is 0. The first-order chi connectivity index (χ1) is 13.0. The Kier molecular flexibility index (Phi) is 5.87. The predicted octanol–water partition coefficient (Wildman–Crippen LogP) is 1.02. The Morgan fingerprint density at radius 2 is 1.93 bits per heavy atom. The highest BCUT2D eigenvalue weighted by atomic mass is 19.1. The van der Waals surface area contributed by atoms with Crippen molar-refractivity contribution in [3.05, 3.63) is 60.2 Å². The van der Waals surface area contributed by atoms with E-state index in [-0.39, 0.29) is 18.7 Å². The average Bonchev–Trinajstić information content (AvgIpc) is 3.27. The third kappa shape index (κ3) is 4.72. The van der Waals surface area contributed by atoms with Gasteiger partial charge in [0, 0.05) is 18.1 Å². The van der Waals surface area contributed by atoms with Crippen molar-refractivity contribution >= 4 is 0 Å². The molecule has 0 aliphatic heterocycles. The van der Waals surface area contributed by atoms with Crippen molar-refractivity contribution < 1.29 is 13.9 Å². The third-order valence-electron chi connectivity index (χ3n) is 4.18. The molecule has 3 rings (SSSR count). The van der Waals surface area contributed by atoms with Gasteiger partial charge >= 0.3 is 0 Å². The van der Waals surface area contributed by atoms with Gasteiger partial charge in [0.15, 0.2) is 5.82 Å². The molecule has 144 valence electrons. The van der Waals surface area contributed by atoms with Gasteiger partial charge in [-0.25, -0.2) is 28.1 Å². The Labute approximate surface area is 154 Å². The minimum absolute atomic E-state index is 0.0559. The van der Waals surface area contributed by atoms with E-state index in [1.807, 2.05) is 0 Å². The number of benzene rings is 1. The molecular weight excluding hydrogens is 356 g/mol. The highest BCUT2D eigenvalue weighted by Crippen LogP contribution is 2.28. The van der Waals surface area contributed by atoms with Crippen molar-refractivity contribution in [1.29, 1.82) is 0 Å². The van der Waals surface area contributed by atoms with Gasteiger partial charge < -0.3 is 10.8 Å². The van der Waals surface area contributed by atoms with E-state index in [0.29, 0.717) is 18.8 Å². The van der Waals surface area contributed by atoms with Gasteiger partial charge in [-0.05, 0) is 25.5 Å². The maximum absolute atomic E-state index is 14.4. The van der Waals surface area contributed by atoms with Crippen LogP contribution in [-0.4, -0.2) is 41.2 Å². The molecule has 8 nitrogen and oxygen atoms in total. The molecule has 3 N–H and O–H groups in total. The molecule has 0 amide bonds. The fourth-order valence-electron chi connectivity index (χ4n) is 2.89. The number of aromatic nitrogens is 6. The molecule has 10 heteroatoms. The molecule has 0 saturated heterocycles. The van der Waals surface area contributed by atoms with Crippen LogP contribution < -0.4 is 5.73 Å². The molecule has 0 fully saturated rings. The maximum Gasteiger partial charge on any atom is 0.150 e. The number of nitrogens with zero attached hydrogens (tertiary/aromatic N) is 6. The summed E-state index contributed by atoms with van der Waals surface area (Å²) in [6.07, 6.45) is 6.59. The van der Waals surface area contributed by atoms with E-state index < -0.39 is 17.2 Å². The Bertz CT molecular complexity index is 868. The zero-order valence-electron chi connectivity index (χ0n) is 14.7. The summed E-state index contributed by atoms with van der Waals surface area (Å²) in [5.74, 6) is -0.950. The Morgan fingerprint density at radius 3 is 2.63 bits per heavy atom. The second kappa shape index (κ2) is 8.31. The molecule has 1 atom stereocenters. The van der Waals surface area contributed by atoms with Crippen LogP contribution in [0.5, 0.6) is 0 Å². The van der Waals surface area contributed by atoms with E-state index >= 15 is 0 Å². The third-order valence-corrected chi connectivity index (χ3v) is 4.18. The first kappa shape index (κ1) is 19.1. The van der Waals surface area contributed by atoms with E-state index in [1.165, 1.54) is 34.4 Å². The lowest BCUT2D eigenvalue weighted by atomic mass is 9.93. The number of halogens is 2. The number of unbranched alkanes of at least 4 members (excludes halogenated alkanes) is 1. The maximum atomic E-state index is 14.4. The zero-order chi connectivity index (χ0) is 19.3. The minimum Gasteiger partial charge on any atom is -0.381 e. The number of hydrogen-bond donors (Lipinski definition) is 2. The Hall–Kier alpha value is -2.72. The number of aryl methyl sites for hydroxylation is 1. The number of hydrogen-bond acceptors (Lipinski definition) is 6. The van der Waals surface area contributed by atoms with Gasteiger partial charge in [0.2, 0.25) is 0 Å². The largest absolute Gasteiger partial charge is 0.381 e. The van der Waals surface area contributed by atoms with Crippen LogP contribution in [0, 0.1) is 11.6 Å². The molecule has 0 aliphatic carbocycles. The molecule has 0 radical (unpaired) electrons. The van der Waals surface area contributed by atoms with Gasteiger partial charge in [0.1, 0.15) is 36.2 Å². The lowest BCUT2D eigenvalue weighted by Gasteiger charge is -2.28. The molecule has 1 unspecified atom stereocenters. The van der Waals surface area contributed by atoms with Gasteiger partial charge in [-0.3, -0.25) is 0 Å². The summed E-state index contributed by atoms with van der Waals surface area (Å²) < 4.78 is 30.5. The molecule has 3 aromatic rings. The quantitative estimate of drug-likeness (QED) is 0.539. The van der Waals surface area contributed by atoms with Crippen LogP contribution in [-0.2, 0) is 25.1 Å². The summed E-state index contributed by atoms with van der Waals surface area (Å²) in [5.41, 5.74) is 3.70. The lowest BCUT2D eigenvalue weighted by molar-refractivity contribution is -0.00862. The molecule has 27 heavy (non-hydrogen) atoms. The van der Waals surface area contributed by atoms with E-state index in [4.69, 9.17) is 5.73 Å². The van der Waals surface area contributed by atoms with E-state index in [9.17, 15) is 13.9 Å². The molecule has 0 spiro atoms. The molecule has 0 aliphatic rings. The van der Waals surface area contributed by atoms with Crippen molar-refractivity contribution in [3.63, 3.8) is 0 Å². The normalized spacial score (nSPS) is 13.6. The highest BCUT2D eigenvalue weighted by molar-refractivity contribution is 5.25. The van der Waals surface area contributed by atoms with Crippen LogP contribution in [0.3, 0.4) is 0 Å².